The Kier molecular flexibility index (Phi) is 6.48. The van der Waals surface area contributed by atoms with Crippen molar-refractivity contribution >= 4 is 22.3 Å². The van der Waals surface area contributed by atoms with Crippen LogP contribution in [0.3, 0.4) is 0 Å². The van der Waals surface area contributed by atoms with E-state index in [0.29, 0.717) is 0 Å². The zero-order valence-electron chi connectivity index (χ0n) is 20.8. The number of likely N-dealkylation sites (tertiary alicyclic amines) is 1. The van der Waals surface area contributed by atoms with E-state index in [9.17, 15) is 0 Å². The number of hydrogen-bond acceptors (Lipinski definition) is 5. The summed E-state index contributed by atoms with van der Waals surface area (Å²) in [4.78, 5) is 11.7. The molecule has 1 aliphatic heterocycles. The highest BCUT2D eigenvalue weighted by Gasteiger charge is 2.14. The van der Waals surface area contributed by atoms with Gasteiger partial charge in [0.05, 0.1) is 28.8 Å². The number of anilines is 1. The molecule has 5 aromatic rings. The van der Waals surface area contributed by atoms with Crippen LogP contribution in [-0.4, -0.2) is 38.2 Å². The monoisotopic (exact) mass is 486 g/mol. The predicted octanol–water partition coefficient (Wildman–Crippen LogP) is 6.76. The average Bonchev–Trinajstić information content (AvgIpc) is 3.38. The van der Waals surface area contributed by atoms with Crippen LogP contribution in [0.5, 0.6) is 0 Å². The average molecular weight is 487 g/mol. The molecule has 0 atom stereocenters. The van der Waals surface area contributed by atoms with Crippen LogP contribution in [0.1, 0.15) is 30.5 Å². The minimum Gasteiger partial charge on any atom is -0.353 e. The highest BCUT2D eigenvalue weighted by molar-refractivity contribution is 5.95. The summed E-state index contributed by atoms with van der Waals surface area (Å²) in [5.41, 5.74) is 8.85. The molecule has 2 N–H and O–H groups in total. The van der Waals surface area contributed by atoms with Gasteiger partial charge in [0.15, 0.2) is 0 Å². The Hall–Kier alpha value is -4.29. The second kappa shape index (κ2) is 10.4. The topological polar surface area (TPSA) is 69.7 Å². The lowest BCUT2D eigenvalue weighted by Crippen LogP contribution is -2.29. The van der Waals surface area contributed by atoms with Crippen LogP contribution >= 0.6 is 0 Å². The lowest BCUT2D eigenvalue weighted by molar-refractivity contribution is 0.220. The Morgan fingerprint density at radius 3 is 2.54 bits per heavy atom. The second-order valence-electron chi connectivity index (χ2n) is 9.65. The molecule has 0 saturated carbocycles. The van der Waals surface area contributed by atoms with E-state index in [1.165, 1.54) is 37.9 Å². The summed E-state index contributed by atoms with van der Waals surface area (Å²) in [6.07, 6.45) is 9.68. The van der Waals surface area contributed by atoms with Gasteiger partial charge in [-0.2, -0.15) is 5.10 Å². The third-order valence-electron chi connectivity index (χ3n) is 6.96. The van der Waals surface area contributed by atoms with Gasteiger partial charge in [-0.05, 0) is 67.4 Å². The molecule has 1 aliphatic rings. The maximum Gasteiger partial charge on any atom is 0.116 e. The Labute approximate surface area is 217 Å². The van der Waals surface area contributed by atoms with Crippen molar-refractivity contribution in [1.29, 1.82) is 0 Å². The second-order valence-corrected chi connectivity index (χ2v) is 9.65. The number of benzene rings is 2. The smallest absolute Gasteiger partial charge is 0.116 e. The molecule has 0 radical (unpaired) electrons. The Balaban J connectivity index is 1.21. The summed E-state index contributed by atoms with van der Waals surface area (Å²) in [7, 11) is 0. The van der Waals surface area contributed by atoms with Gasteiger partial charge in [0, 0.05) is 35.5 Å². The quantitative estimate of drug-likeness (QED) is 0.266. The van der Waals surface area contributed by atoms with Crippen LogP contribution in [0.15, 0.2) is 91.9 Å². The Morgan fingerprint density at radius 2 is 1.73 bits per heavy atom. The number of fused-ring (bicyclic) bond motifs is 1. The summed E-state index contributed by atoms with van der Waals surface area (Å²) in [6, 6.07) is 22.8. The van der Waals surface area contributed by atoms with Crippen molar-refractivity contribution in [3.63, 3.8) is 0 Å². The summed E-state index contributed by atoms with van der Waals surface area (Å²) in [6.45, 7) is 7.57. The van der Waals surface area contributed by atoms with Crippen LogP contribution in [0.4, 0.5) is 5.69 Å². The maximum absolute atomic E-state index is 4.61. The van der Waals surface area contributed by atoms with Gasteiger partial charge >= 0.3 is 0 Å². The van der Waals surface area contributed by atoms with E-state index in [1.807, 2.05) is 48.9 Å². The highest BCUT2D eigenvalue weighted by atomic mass is 15.1. The van der Waals surface area contributed by atoms with Crippen LogP contribution < -0.4 is 5.32 Å². The van der Waals surface area contributed by atoms with Gasteiger partial charge in [0.25, 0.3) is 0 Å². The number of hydrogen-bond donors (Lipinski definition) is 2. The molecule has 6 nitrogen and oxygen atoms in total. The summed E-state index contributed by atoms with van der Waals surface area (Å²) >= 11 is 0. The molecular weight excluding hydrogens is 456 g/mol. The third-order valence-corrected chi connectivity index (χ3v) is 6.96. The standard InChI is InChI=1S/C31H30N6/c1-22(34-27-11-13-29(33-20-27)24-8-4-2-5-9-24)31-28-17-25(10-12-30(28)35-36-31)26-16-23(18-32-19-26)21-37-14-6-3-7-15-37/h2,4-5,8-13,16-20,34H,1,3,6-7,14-15,21H2,(H,35,36). The van der Waals surface area contributed by atoms with Gasteiger partial charge < -0.3 is 5.32 Å². The normalized spacial score (nSPS) is 14.1. The zero-order valence-corrected chi connectivity index (χ0v) is 20.8. The molecule has 37 heavy (non-hydrogen) atoms. The number of aromatic nitrogens is 4. The SMILES string of the molecule is C=C(Nc1ccc(-c2ccccc2)nc1)c1n[nH]c2ccc(-c3cncc(CN4CCCCC4)c3)cc12. The molecule has 0 amide bonds. The van der Waals surface area contributed by atoms with E-state index in [2.05, 4.69) is 73.4 Å². The minimum absolute atomic E-state index is 0.717. The van der Waals surface area contributed by atoms with Gasteiger partial charge in [-0.25, -0.2) is 0 Å². The maximum atomic E-state index is 4.61. The van der Waals surface area contributed by atoms with Crippen LogP contribution in [0.2, 0.25) is 0 Å². The van der Waals surface area contributed by atoms with E-state index in [4.69, 9.17) is 0 Å². The van der Waals surface area contributed by atoms with Crippen molar-refractivity contribution in [2.45, 2.75) is 25.8 Å². The molecule has 6 rings (SSSR count). The van der Waals surface area contributed by atoms with Gasteiger partial charge in [0.1, 0.15) is 5.69 Å². The molecule has 0 aliphatic carbocycles. The largest absolute Gasteiger partial charge is 0.353 e. The van der Waals surface area contributed by atoms with Gasteiger partial charge in [0.2, 0.25) is 0 Å². The van der Waals surface area contributed by atoms with Gasteiger partial charge in [-0.15, -0.1) is 0 Å². The molecule has 0 bridgehead atoms. The number of aromatic amines is 1. The fourth-order valence-electron chi connectivity index (χ4n) is 5.01. The van der Waals surface area contributed by atoms with Crippen molar-refractivity contribution in [3.05, 3.63) is 103 Å². The first-order valence-corrected chi connectivity index (χ1v) is 12.9. The molecule has 6 heteroatoms. The van der Waals surface area contributed by atoms with Crippen molar-refractivity contribution in [1.82, 2.24) is 25.1 Å². The third kappa shape index (κ3) is 5.15. The molecule has 0 spiro atoms. The van der Waals surface area contributed by atoms with Gasteiger partial charge in [-0.1, -0.05) is 49.4 Å². The lowest BCUT2D eigenvalue weighted by atomic mass is 10.0. The molecule has 184 valence electrons. The number of nitrogens with zero attached hydrogens (tertiary/aromatic N) is 4. The van der Waals surface area contributed by atoms with Crippen molar-refractivity contribution < 1.29 is 0 Å². The summed E-state index contributed by atoms with van der Waals surface area (Å²) in [5, 5.41) is 12.1. The van der Waals surface area contributed by atoms with E-state index in [1.54, 1.807) is 0 Å². The molecular formula is C31H30N6. The predicted molar refractivity (Wildman–Crippen MR) is 151 cm³/mol. The molecule has 2 aromatic carbocycles. The molecule has 1 saturated heterocycles. The lowest BCUT2D eigenvalue weighted by Gasteiger charge is -2.26. The van der Waals surface area contributed by atoms with E-state index in [0.717, 1.165) is 56.9 Å². The van der Waals surface area contributed by atoms with Crippen molar-refractivity contribution in [3.8, 4) is 22.4 Å². The zero-order chi connectivity index (χ0) is 25.0. The van der Waals surface area contributed by atoms with Crippen molar-refractivity contribution in [2.75, 3.05) is 18.4 Å². The van der Waals surface area contributed by atoms with Crippen LogP contribution in [0.25, 0.3) is 39.0 Å². The highest BCUT2D eigenvalue weighted by Crippen LogP contribution is 2.29. The van der Waals surface area contributed by atoms with E-state index >= 15 is 0 Å². The molecule has 4 heterocycles. The Bertz CT molecular complexity index is 1510. The number of piperidine rings is 1. The van der Waals surface area contributed by atoms with Crippen molar-refractivity contribution in [2.24, 2.45) is 0 Å². The van der Waals surface area contributed by atoms with Gasteiger partial charge in [-0.3, -0.25) is 20.0 Å². The number of H-pyrrole nitrogens is 1. The summed E-state index contributed by atoms with van der Waals surface area (Å²) < 4.78 is 0. The molecule has 0 unspecified atom stereocenters. The number of nitrogens with one attached hydrogen (secondary N) is 2. The van der Waals surface area contributed by atoms with E-state index < -0.39 is 0 Å². The van der Waals surface area contributed by atoms with E-state index in [-0.39, 0.29) is 0 Å². The van der Waals surface area contributed by atoms with Crippen LogP contribution in [-0.2, 0) is 6.54 Å². The first kappa shape index (κ1) is 23.1. The minimum atomic E-state index is 0.717. The Morgan fingerprint density at radius 1 is 0.865 bits per heavy atom. The molecule has 1 fully saturated rings. The fourth-order valence-corrected chi connectivity index (χ4v) is 5.01. The fraction of sp³-hybridized carbons (Fsp3) is 0.194. The van der Waals surface area contributed by atoms with Crippen LogP contribution in [0, 0.1) is 0 Å². The molecule has 3 aromatic heterocycles. The summed E-state index contributed by atoms with van der Waals surface area (Å²) in [5.74, 6) is 0. The number of pyridine rings is 2. The first-order chi connectivity index (χ1) is 18.2. The number of rotatable bonds is 7. The first-order valence-electron chi connectivity index (χ1n) is 12.9.